The third-order valence-electron chi connectivity index (χ3n) is 2.18. The molecule has 2 aromatic rings. The smallest absolute Gasteiger partial charge is 0.137 e. The van der Waals surface area contributed by atoms with Crippen LogP contribution in [0.5, 0.6) is 0 Å². The van der Waals surface area contributed by atoms with Crippen LogP contribution in [0.1, 0.15) is 5.82 Å². The predicted octanol–water partition coefficient (Wildman–Crippen LogP) is 2.27. The van der Waals surface area contributed by atoms with Gasteiger partial charge in [0.2, 0.25) is 0 Å². The molecule has 0 fully saturated rings. The van der Waals surface area contributed by atoms with E-state index in [1.807, 2.05) is 31.2 Å². The molecule has 0 aliphatic carbocycles. The molecule has 0 unspecified atom stereocenters. The summed E-state index contributed by atoms with van der Waals surface area (Å²) < 4.78 is 0. The number of hydrogen-bond donors (Lipinski definition) is 3. The third kappa shape index (κ3) is 3.59. The number of aromatic nitrogens is 3. The van der Waals surface area contributed by atoms with Crippen molar-refractivity contribution in [1.29, 1.82) is 0 Å². The molecule has 2 rings (SSSR count). The summed E-state index contributed by atoms with van der Waals surface area (Å²) >= 11 is 4.15. The predicted molar refractivity (Wildman–Crippen MR) is 76.6 cm³/mol. The molecule has 0 aromatic carbocycles. The third-order valence-corrected chi connectivity index (χ3v) is 2.40. The summed E-state index contributed by atoms with van der Waals surface area (Å²) in [5, 5.41) is 6.31. The lowest BCUT2D eigenvalue weighted by atomic mass is 10.4. The summed E-state index contributed by atoms with van der Waals surface area (Å²) in [5.74, 6) is 3.73. The van der Waals surface area contributed by atoms with Gasteiger partial charge in [-0.3, -0.25) is 0 Å². The lowest BCUT2D eigenvalue weighted by molar-refractivity contribution is 1.04. The van der Waals surface area contributed by atoms with E-state index in [4.69, 9.17) is 0 Å². The first kappa shape index (κ1) is 12.6. The molecule has 0 saturated carbocycles. The fourth-order valence-corrected chi connectivity index (χ4v) is 1.59. The molecule has 6 heteroatoms. The second-order valence-electron chi connectivity index (χ2n) is 3.68. The Balaban J connectivity index is 2.15. The average molecular weight is 261 g/mol. The second kappa shape index (κ2) is 6.20. The number of thiol groups is 1. The highest BCUT2D eigenvalue weighted by Gasteiger charge is 2.02. The molecule has 0 spiro atoms. The van der Waals surface area contributed by atoms with Crippen molar-refractivity contribution in [2.75, 3.05) is 22.9 Å². The van der Waals surface area contributed by atoms with Gasteiger partial charge in [-0.15, -0.1) is 0 Å². The number of nitrogens with one attached hydrogen (secondary N) is 2. The van der Waals surface area contributed by atoms with Gasteiger partial charge in [-0.2, -0.15) is 12.6 Å². The second-order valence-corrected chi connectivity index (χ2v) is 4.12. The minimum absolute atomic E-state index is 0.706. The first-order valence-electron chi connectivity index (χ1n) is 5.66. The van der Waals surface area contributed by atoms with Crippen LogP contribution in [0.25, 0.3) is 0 Å². The zero-order valence-electron chi connectivity index (χ0n) is 10.1. The highest BCUT2D eigenvalue weighted by Crippen LogP contribution is 2.15. The number of rotatable bonds is 5. The Kier molecular flexibility index (Phi) is 4.35. The summed E-state index contributed by atoms with van der Waals surface area (Å²) in [6.45, 7) is 2.62. The van der Waals surface area contributed by atoms with Crippen molar-refractivity contribution in [2.45, 2.75) is 6.92 Å². The van der Waals surface area contributed by atoms with Gasteiger partial charge in [-0.1, -0.05) is 6.07 Å². The molecule has 2 heterocycles. The van der Waals surface area contributed by atoms with Crippen LogP contribution in [0.2, 0.25) is 0 Å². The molecule has 2 aromatic heterocycles. The van der Waals surface area contributed by atoms with E-state index in [9.17, 15) is 0 Å². The van der Waals surface area contributed by atoms with Gasteiger partial charge in [-0.05, 0) is 19.1 Å². The van der Waals surface area contributed by atoms with E-state index in [2.05, 4.69) is 38.2 Å². The monoisotopic (exact) mass is 261 g/mol. The maximum absolute atomic E-state index is 4.32. The van der Waals surface area contributed by atoms with Crippen LogP contribution >= 0.6 is 12.6 Å². The highest BCUT2D eigenvalue weighted by molar-refractivity contribution is 7.80. The maximum atomic E-state index is 4.32. The first-order chi connectivity index (χ1) is 8.78. The normalized spacial score (nSPS) is 10.1. The molecule has 0 saturated heterocycles. The largest absolute Gasteiger partial charge is 0.369 e. The van der Waals surface area contributed by atoms with Crippen LogP contribution in [0.3, 0.4) is 0 Å². The summed E-state index contributed by atoms with van der Waals surface area (Å²) in [4.78, 5) is 12.8. The summed E-state index contributed by atoms with van der Waals surface area (Å²) in [6.07, 6.45) is 1.73. The fourth-order valence-electron chi connectivity index (χ4n) is 1.47. The SMILES string of the molecule is Cc1nc(NCCS)cc(Nc2ccccn2)n1. The average Bonchev–Trinajstić information content (AvgIpc) is 2.37. The Morgan fingerprint density at radius 2 is 2.00 bits per heavy atom. The maximum Gasteiger partial charge on any atom is 0.137 e. The van der Waals surface area contributed by atoms with Gasteiger partial charge in [0.15, 0.2) is 0 Å². The zero-order valence-corrected chi connectivity index (χ0v) is 11.0. The van der Waals surface area contributed by atoms with Crippen LogP contribution in [-0.4, -0.2) is 27.2 Å². The van der Waals surface area contributed by atoms with Crippen molar-refractivity contribution < 1.29 is 0 Å². The molecular formula is C12H15N5S. The van der Waals surface area contributed by atoms with Crippen LogP contribution < -0.4 is 10.6 Å². The first-order valence-corrected chi connectivity index (χ1v) is 6.29. The lowest BCUT2D eigenvalue weighted by Crippen LogP contribution is -2.07. The molecule has 5 nitrogen and oxygen atoms in total. The minimum atomic E-state index is 0.706. The Morgan fingerprint density at radius 1 is 1.17 bits per heavy atom. The van der Waals surface area contributed by atoms with E-state index in [1.54, 1.807) is 6.20 Å². The topological polar surface area (TPSA) is 62.7 Å². The van der Waals surface area contributed by atoms with Crippen molar-refractivity contribution in [3.05, 3.63) is 36.3 Å². The quantitative estimate of drug-likeness (QED) is 0.721. The summed E-state index contributed by atoms with van der Waals surface area (Å²) in [6, 6.07) is 7.53. The van der Waals surface area contributed by atoms with Gasteiger partial charge in [-0.25, -0.2) is 15.0 Å². The van der Waals surface area contributed by atoms with E-state index in [-0.39, 0.29) is 0 Å². The summed E-state index contributed by atoms with van der Waals surface area (Å²) in [7, 11) is 0. The van der Waals surface area contributed by atoms with E-state index < -0.39 is 0 Å². The Hall–Kier alpha value is -1.82. The fraction of sp³-hybridized carbons (Fsp3) is 0.250. The van der Waals surface area contributed by atoms with Crippen molar-refractivity contribution in [2.24, 2.45) is 0 Å². The molecular weight excluding hydrogens is 246 g/mol. The number of hydrogen-bond acceptors (Lipinski definition) is 6. The van der Waals surface area contributed by atoms with Crippen LogP contribution in [0.15, 0.2) is 30.5 Å². The molecule has 94 valence electrons. The Labute approximate surface area is 111 Å². The number of pyridine rings is 1. The molecule has 0 aliphatic rings. The number of aryl methyl sites for hydroxylation is 1. The van der Waals surface area contributed by atoms with Gasteiger partial charge in [0, 0.05) is 24.6 Å². The Bertz CT molecular complexity index is 503. The number of anilines is 3. The van der Waals surface area contributed by atoms with E-state index in [1.165, 1.54) is 0 Å². The summed E-state index contributed by atoms with van der Waals surface area (Å²) in [5.41, 5.74) is 0. The van der Waals surface area contributed by atoms with E-state index in [0.717, 1.165) is 29.8 Å². The Morgan fingerprint density at radius 3 is 2.72 bits per heavy atom. The van der Waals surface area contributed by atoms with Crippen LogP contribution in [0.4, 0.5) is 17.5 Å². The molecule has 0 bridgehead atoms. The number of nitrogens with zero attached hydrogens (tertiary/aromatic N) is 3. The minimum Gasteiger partial charge on any atom is -0.369 e. The van der Waals surface area contributed by atoms with Gasteiger partial charge in [0.1, 0.15) is 23.3 Å². The molecule has 2 N–H and O–H groups in total. The van der Waals surface area contributed by atoms with Crippen molar-refractivity contribution in [3.8, 4) is 0 Å². The lowest BCUT2D eigenvalue weighted by Gasteiger charge is -2.08. The zero-order chi connectivity index (χ0) is 12.8. The van der Waals surface area contributed by atoms with Crippen LogP contribution in [0, 0.1) is 6.92 Å². The van der Waals surface area contributed by atoms with Crippen molar-refractivity contribution >= 4 is 30.1 Å². The van der Waals surface area contributed by atoms with Crippen molar-refractivity contribution in [3.63, 3.8) is 0 Å². The van der Waals surface area contributed by atoms with Crippen LogP contribution in [-0.2, 0) is 0 Å². The van der Waals surface area contributed by atoms with E-state index >= 15 is 0 Å². The van der Waals surface area contributed by atoms with Gasteiger partial charge < -0.3 is 10.6 Å². The molecule has 0 amide bonds. The van der Waals surface area contributed by atoms with Gasteiger partial charge in [0.05, 0.1) is 0 Å². The van der Waals surface area contributed by atoms with Gasteiger partial charge >= 0.3 is 0 Å². The molecule has 0 aliphatic heterocycles. The van der Waals surface area contributed by atoms with E-state index in [0.29, 0.717) is 5.82 Å². The highest BCUT2D eigenvalue weighted by atomic mass is 32.1. The molecule has 0 radical (unpaired) electrons. The molecule has 0 atom stereocenters. The van der Waals surface area contributed by atoms with Gasteiger partial charge in [0.25, 0.3) is 0 Å². The molecule has 18 heavy (non-hydrogen) atoms. The van der Waals surface area contributed by atoms with Crippen molar-refractivity contribution in [1.82, 2.24) is 15.0 Å². The standard InChI is InChI=1S/C12H15N5S/c1-9-15-11(14-6-7-18)8-12(16-9)17-10-4-2-3-5-13-10/h2-5,8,18H,6-7H2,1H3,(H2,13,14,15,16,17).